The minimum atomic E-state index is 0.435. The normalized spacial score (nSPS) is 25.4. The molecule has 0 aliphatic carbocycles. The predicted octanol–water partition coefficient (Wildman–Crippen LogP) is 4.79. The summed E-state index contributed by atoms with van der Waals surface area (Å²) in [6, 6.07) is 24.2. The lowest BCUT2D eigenvalue weighted by Gasteiger charge is -2.41. The molecule has 2 heterocycles. The second-order valence-corrected chi connectivity index (χ2v) is 6.49. The van der Waals surface area contributed by atoms with Gasteiger partial charge >= 0.3 is 0 Å². The zero-order valence-electron chi connectivity index (χ0n) is 12.5. The molecule has 2 saturated heterocycles. The fourth-order valence-electron chi connectivity index (χ4n) is 4.39. The van der Waals surface area contributed by atoms with Crippen molar-refractivity contribution in [3.63, 3.8) is 0 Å². The lowest BCUT2D eigenvalue weighted by molar-refractivity contribution is 0.105. The smallest absolute Gasteiger partial charge is 0.0606 e. The molecule has 0 saturated carbocycles. The number of piperidine rings is 1. The molecule has 2 aromatic carbocycles. The Morgan fingerprint density at radius 3 is 1.62 bits per heavy atom. The van der Waals surface area contributed by atoms with Crippen molar-refractivity contribution >= 4 is 0 Å². The molecule has 108 valence electrons. The van der Waals surface area contributed by atoms with Gasteiger partial charge in [-0.25, -0.2) is 0 Å². The summed E-state index contributed by atoms with van der Waals surface area (Å²) in [7, 11) is 0. The summed E-state index contributed by atoms with van der Waals surface area (Å²) in [5, 5.41) is 0. The van der Waals surface area contributed by atoms with E-state index in [1.54, 1.807) is 0 Å². The molecule has 4 rings (SSSR count). The SMILES string of the molecule is c1ccc(C(c2ccccc2)N2C3CCCC2CC3)cc1. The first-order chi connectivity index (χ1) is 10.4. The van der Waals surface area contributed by atoms with Crippen LogP contribution in [0.15, 0.2) is 60.7 Å². The summed E-state index contributed by atoms with van der Waals surface area (Å²) < 4.78 is 0. The number of benzene rings is 2. The van der Waals surface area contributed by atoms with E-state index >= 15 is 0 Å². The molecule has 2 bridgehead atoms. The Morgan fingerprint density at radius 1 is 0.667 bits per heavy atom. The Hall–Kier alpha value is -1.60. The highest BCUT2D eigenvalue weighted by Crippen LogP contribution is 2.43. The summed E-state index contributed by atoms with van der Waals surface area (Å²) in [5.41, 5.74) is 2.89. The van der Waals surface area contributed by atoms with Gasteiger partial charge in [0.05, 0.1) is 6.04 Å². The molecule has 2 atom stereocenters. The molecule has 2 fully saturated rings. The highest BCUT2D eigenvalue weighted by Gasteiger charge is 2.41. The van der Waals surface area contributed by atoms with Crippen LogP contribution in [-0.2, 0) is 0 Å². The topological polar surface area (TPSA) is 3.24 Å². The van der Waals surface area contributed by atoms with Crippen LogP contribution in [0.4, 0.5) is 0 Å². The number of hydrogen-bond acceptors (Lipinski definition) is 1. The quantitative estimate of drug-likeness (QED) is 0.779. The first-order valence-corrected chi connectivity index (χ1v) is 8.31. The van der Waals surface area contributed by atoms with Gasteiger partial charge < -0.3 is 0 Å². The lowest BCUT2D eigenvalue weighted by Crippen LogP contribution is -2.42. The van der Waals surface area contributed by atoms with Gasteiger partial charge in [-0.1, -0.05) is 67.1 Å². The first-order valence-electron chi connectivity index (χ1n) is 8.31. The standard InChI is InChI=1S/C20H23N/c1-3-8-16(9-4-1)20(17-10-5-2-6-11-17)21-18-12-7-13-19(21)15-14-18/h1-6,8-11,18-20H,7,12-15H2. The molecule has 2 unspecified atom stereocenters. The van der Waals surface area contributed by atoms with Crippen LogP contribution in [0.25, 0.3) is 0 Å². The summed E-state index contributed by atoms with van der Waals surface area (Å²) in [6.07, 6.45) is 6.96. The van der Waals surface area contributed by atoms with Crippen molar-refractivity contribution in [1.29, 1.82) is 0 Å². The minimum Gasteiger partial charge on any atom is -0.286 e. The molecule has 21 heavy (non-hydrogen) atoms. The van der Waals surface area contributed by atoms with Gasteiger partial charge in [-0.2, -0.15) is 0 Å². The zero-order chi connectivity index (χ0) is 14.1. The maximum atomic E-state index is 2.83. The highest BCUT2D eigenvalue weighted by atomic mass is 15.2. The molecule has 2 aliphatic rings. The van der Waals surface area contributed by atoms with Gasteiger partial charge in [-0.05, 0) is 36.8 Å². The molecular formula is C20H23N. The molecule has 0 aromatic heterocycles. The van der Waals surface area contributed by atoms with Gasteiger partial charge in [-0.15, -0.1) is 0 Å². The van der Waals surface area contributed by atoms with Crippen molar-refractivity contribution in [3.05, 3.63) is 71.8 Å². The fraction of sp³-hybridized carbons (Fsp3) is 0.400. The number of nitrogens with zero attached hydrogens (tertiary/aromatic N) is 1. The van der Waals surface area contributed by atoms with Crippen LogP contribution in [0, 0.1) is 0 Å². The van der Waals surface area contributed by atoms with E-state index < -0.39 is 0 Å². The van der Waals surface area contributed by atoms with Crippen LogP contribution in [0.2, 0.25) is 0 Å². The summed E-state index contributed by atoms with van der Waals surface area (Å²) in [4.78, 5) is 2.83. The van der Waals surface area contributed by atoms with Crippen molar-refractivity contribution in [3.8, 4) is 0 Å². The van der Waals surface area contributed by atoms with E-state index in [0.29, 0.717) is 6.04 Å². The van der Waals surface area contributed by atoms with Crippen molar-refractivity contribution in [2.24, 2.45) is 0 Å². The second kappa shape index (κ2) is 5.65. The molecule has 0 radical (unpaired) electrons. The van der Waals surface area contributed by atoms with Crippen molar-refractivity contribution in [2.45, 2.75) is 50.2 Å². The van der Waals surface area contributed by atoms with E-state index in [4.69, 9.17) is 0 Å². The maximum absolute atomic E-state index is 2.83. The Kier molecular flexibility index (Phi) is 3.52. The first kappa shape index (κ1) is 13.1. The van der Waals surface area contributed by atoms with Crippen molar-refractivity contribution < 1.29 is 0 Å². The third-order valence-corrected chi connectivity index (χ3v) is 5.28. The van der Waals surface area contributed by atoms with Crippen LogP contribution in [0.5, 0.6) is 0 Å². The van der Waals surface area contributed by atoms with E-state index in [9.17, 15) is 0 Å². The largest absolute Gasteiger partial charge is 0.286 e. The minimum absolute atomic E-state index is 0.435. The third-order valence-electron chi connectivity index (χ3n) is 5.28. The summed E-state index contributed by atoms with van der Waals surface area (Å²) in [5.74, 6) is 0. The van der Waals surface area contributed by atoms with E-state index in [1.165, 1.54) is 43.2 Å². The molecule has 0 spiro atoms. The van der Waals surface area contributed by atoms with E-state index in [-0.39, 0.29) is 0 Å². The second-order valence-electron chi connectivity index (χ2n) is 6.49. The van der Waals surface area contributed by atoms with Crippen molar-refractivity contribution in [1.82, 2.24) is 4.90 Å². The van der Waals surface area contributed by atoms with Crippen LogP contribution < -0.4 is 0 Å². The Labute approximate surface area is 127 Å². The Balaban J connectivity index is 1.77. The maximum Gasteiger partial charge on any atom is 0.0606 e. The van der Waals surface area contributed by atoms with Gasteiger partial charge in [0.1, 0.15) is 0 Å². The molecule has 2 aliphatic heterocycles. The van der Waals surface area contributed by atoms with Crippen LogP contribution >= 0.6 is 0 Å². The third kappa shape index (κ3) is 2.40. The Bertz CT molecular complexity index is 522. The molecular weight excluding hydrogens is 254 g/mol. The number of fused-ring (bicyclic) bond motifs is 2. The summed E-state index contributed by atoms with van der Waals surface area (Å²) in [6.45, 7) is 0. The van der Waals surface area contributed by atoms with E-state index in [1.807, 2.05) is 0 Å². The summed E-state index contributed by atoms with van der Waals surface area (Å²) >= 11 is 0. The molecule has 0 N–H and O–H groups in total. The van der Waals surface area contributed by atoms with Crippen LogP contribution in [0.1, 0.15) is 49.3 Å². The van der Waals surface area contributed by atoms with E-state index in [0.717, 1.165) is 12.1 Å². The number of hydrogen-bond donors (Lipinski definition) is 0. The van der Waals surface area contributed by atoms with Gasteiger partial charge in [0, 0.05) is 12.1 Å². The average molecular weight is 277 g/mol. The van der Waals surface area contributed by atoms with Crippen molar-refractivity contribution in [2.75, 3.05) is 0 Å². The highest BCUT2D eigenvalue weighted by molar-refractivity contribution is 5.32. The molecule has 0 amide bonds. The van der Waals surface area contributed by atoms with Gasteiger partial charge in [0.2, 0.25) is 0 Å². The van der Waals surface area contributed by atoms with Gasteiger partial charge in [0.15, 0.2) is 0 Å². The number of rotatable bonds is 3. The molecule has 1 nitrogen and oxygen atoms in total. The fourth-order valence-corrected chi connectivity index (χ4v) is 4.39. The monoisotopic (exact) mass is 277 g/mol. The molecule has 1 heteroatoms. The molecule has 2 aromatic rings. The van der Waals surface area contributed by atoms with Crippen LogP contribution in [0.3, 0.4) is 0 Å². The average Bonchev–Trinajstić information content (AvgIpc) is 2.79. The zero-order valence-corrected chi connectivity index (χ0v) is 12.5. The lowest BCUT2D eigenvalue weighted by atomic mass is 9.92. The van der Waals surface area contributed by atoms with Crippen LogP contribution in [-0.4, -0.2) is 17.0 Å². The van der Waals surface area contributed by atoms with E-state index in [2.05, 4.69) is 65.6 Å². The predicted molar refractivity (Wildman–Crippen MR) is 87.2 cm³/mol. The van der Waals surface area contributed by atoms with Gasteiger partial charge in [0.25, 0.3) is 0 Å². The Morgan fingerprint density at radius 2 is 1.14 bits per heavy atom. The van der Waals surface area contributed by atoms with Gasteiger partial charge in [-0.3, -0.25) is 4.90 Å².